The van der Waals surface area contributed by atoms with E-state index in [0.29, 0.717) is 13.2 Å². The average molecular weight is 298 g/mol. The van der Waals surface area contributed by atoms with Crippen LogP contribution in [0.1, 0.15) is 18.1 Å². The summed E-state index contributed by atoms with van der Waals surface area (Å²) in [5, 5.41) is 3.41. The van der Waals surface area contributed by atoms with Gasteiger partial charge in [-0.15, -0.1) is 0 Å². The summed E-state index contributed by atoms with van der Waals surface area (Å²) < 4.78 is 11.2. The molecular weight excluding hydrogens is 276 g/mol. The van der Waals surface area contributed by atoms with Crippen LogP contribution in [-0.2, 0) is 13.1 Å². The number of hydrogen-bond donors (Lipinski definition) is 1. The van der Waals surface area contributed by atoms with Crippen molar-refractivity contribution in [3.8, 4) is 11.5 Å². The Hall–Kier alpha value is -2.33. The number of pyridine rings is 1. The number of nitrogens with one attached hydrogen (secondary N) is 1. The smallest absolute Gasteiger partial charge is 0.161 e. The Labute approximate surface area is 131 Å². The predicted octanol–water partition coefficient (Wildman–Crippen LogP) is 3.33. The van der Waals surface area contributed by atoms with Gasteiger partial charge in [-0.25, -0.2) is 0 Å². The topological polar surface area (TPSA) is 43.4 Å². The van der Waals surface area contributed by atoms with E-state index in [1.807, 2.05) is 37.3 Å². The molecule has 1 N–H and O–H groups in total. The van der Waals surface area contributed by atoms with Gasteiger partial charge in [-0.05, 0) is 42.3 Å². The van der Waals surface area contributed by atoms with Gasteiger partial charge in [0.05, 0.1) is 6.61 Å². The maximum Gasteiger partial charge on any atom is 0.161 e. The Balaban J connectivity index is 1.95. The van der Waals surface area contributed by atoms with Crippen LogP contribution < -0.4 is 14.8 Å². The molecule has 0 saturated carbocycles. The van der Waals surface area contributed by atoms with Crippen LogP contribution in [0.5, 0.6) is 11.5 Å². The van der Waals surface area contributed by atoms with Crippen molar-refractivity contribution in [3.05, 3.63) is 66.5 Å². The van der Waals surface area contributed by atoms with Crippen molar-refractivity contribution in [1.82, 2.24) is 10.3 Å². The molecule has 1 heterocycles. The molecule has 0 aliphatic rings. The van der Waals surface area contributed by atoms with Crippen molar-refractivity contribution in [2.45, 2.75) is 20.0 Å². The average Bonchev–Trinajstić information content (AvgIpc) is 2.55. The normalized spacial score (nSPS) is 10.2. The fourth-order valence-electron chi connectivity index (χ4n) is 2.05. The fraction of sp³-hybridized carbons (Fsp3) is 0.278. The van der Waals surface area contributed by atoms with Gasteiger partial charge in [-0.2, -0.15) is 0 Å². The first-order valence-electron chi connectivity index (χ1n) is 7.42. The molecule has 0 amide bonds. The maximum atomic E-state index is 5.64. The lowest BCUT2D eigenvalue weighted by molar-refractivity contribution is 0.296. The van der Waals surface area contributed by atoms with Crippen molar-refractivity contribution < 1.29 is 9.47 Å². The number of benzene rings is 1. The zero-order valence-electron chi connectivity index (χ0n) is 12.9. The summed E-state index contributed by atoms with van der Waals surface area (Å²) in [6, 6.07) is 10.0. The summed E-state index contributed by atoms with van der Waals surface area (Å²) in [7, 11) is 0. The van der Waals surface area contributed by atoms with E-state index in [9.17, 15) is 0 Å². The Bertz CT molecular complexity index is 585. The molecular formula is C18H22N2O2. The number of rotatable bonds is 9. The van der Waals surface area contributed by atoms with Crippen molar-refractivity contribution in [3.63, 3.8) is 0 Å². The maximum absolute atomic E-state index is 5.64. The van der Waals surface area contributed by atoms with Crippen molar-refractivity contribution in [2.24, 2.45) is 0 Å². The lowest BCUT2D eigenvalue weighted by Gasteiger charge is -2.13. The molecule has 2 aromatic rings. The van der Waals surface area contributed by atoms with E-state index >= 15 is 0 Å². The van der Waals surface area contributed by atoms with Crippen LogP contribution in [0.25, 0.3) is 0 Å². The van der Waals surface area contributed by atoms with Crippen LogP contribution in [0.3, 0.4) is 0 Å². The summed E-state index contributed by atoms with van der Waals surface area (Å²) in [6.07, 6.45) is 5.33. The molecule has 2 rings (SSSR count). The molecule has 0 spiro atoms. The van der Waals surface area contributed by atoms with Gasteiger partial charge in [0.1, 0.15) is 6.61 Å². The zero-order chi connectivity index (χ0) is 15.6. The number of nitrogens with zero attached hydrogens (tertiary/aromatic N) is 1. The highest BCUT2D eigenvalue weighted by atomic mass is 16.5. The molecule has 0 saturated heterocycles. The third-order valence-electron chi connectivity index (χ3n) is 3.07. The zero-order valence-corrected chi connectivity index (χ0v) is 12.9. The molecule has 0 fully saturated rings. The third-order valence-corrected chi connectivity index (χ3v) is 3.07. The third kappa shape index (κ3) is 4.90. The van der Waals surface area contributed by atoms with E-state index in [2.05, 4.69) is 16.9 Å². The summed E-state index contributed by atoms with van der Waals surface area (Å²) in [6.45, 7) is 8.28. The molecule has 22 heavy (non-hydrogen) atoms. The molecule has 4 heteroatoms. The highest BCUT2D eigenvalue weighted by Crippen LogP contribution is 2.28. The van der Waals surface area contributed by atoms with Crippen LogP contribution in [0.4, 0.5) is 0 Å². The molecule has 0 bridgehead atoms. The molecule has 1 aromatic carbocycles. The monoisotopic (exact) mass is 298 g/mol. The molecule has 4 nitrogen and oxygen atoms in total. The molecule has 0 atom stereocenters. The van der Waals surface area contributed by atoms with Crippen LogP contribution in [0.2, 0.25) is 0 Å². The van der Waals surface area contributed by atoms with Gasteiger partial charge in [0.2, 0.25) is 0 Å². The first-order chi connectivity index (χ1) is 10.8. The summed E-state index contributed by atoms with van der Waals surface area (Å²) in [5.41, 5.74) is 2.37. The molecule has 1 aromatic heterocycles. The lowest BCUT2D eigenvalue weighted by atomic mass is 10.2. The predicted molar refractivity (Wildman–Crippen MR) is 88.1 cm³/mol. The standard InChI is InChI=1S/C18H22N2O2/c1-3-11-22-17-6-5-16(12-18(17)21-4-2)14-20-13-15-7-9-19-10-8-15/h3,5-10,12,20H,1,4,11,13-14H2,2H3. The van der Waals surface area contributed by atoms with E-state index in [4.69, 9.17) is 9.47 Å². The minimum Gasteiger partial charge on any atom is -0.490 e. The summed E-state index contributed by atoms with van der Waals surface area (Å²) >= 11 is 0. The Morgan fingerprint density at radius 2 is 1.82 bits per heavy atom. The van der Waals surface area contributed by atoms with E-state index in [1.165, 1.54) is 5.56 Å². The van der Waals surface area contributed by atoms with Gasteiger partial charge < -0.3 is 14.8 Å². The largest absolute Gasteiger partial charge is 0.490 e. The molecule has 0 aliphatic carbocycles. The Morgan fingerprint density at radius 3 is 2.55 bits per heavy atom. The van der Waals surface area contributed by atoms with E-state index in [0.717, 1.165) is 30.2 Å². The Kier molecular flexibility index (Phi) is 6.45. The minimum absolute atomic E-state index is 0.472. The van der Waals surface area contributed by atoms with E-state index in [1.54, 1.807) is 18.5 Å². The van der Waals surface area contributed by atoms with E-state index in [-0.39, 0.29) is 0 Å². The van der Waals surface area contributed by atoms with Crippen LogP contribution in [0, 0.1) is 0 Å². The first-order valence-corrected chi connectivity index (χ1v) is 7.42. The van der Waals surface area contributed by atoms with E-state index < -0.39 is 0 Å². The Morgan fingerprint density at radius 1 is 1.05 bits per heavy atom. The van der Waals surface area contributed by atoms with Crippen LogP contribution in [0.15, 0.2) is 55.4 Å². The molecule has 0 unspecified atom stereocenters. The fourth-order valence-corrected chi connectivity index (χ4v) is 2.05. The number of aromatic nitrogens is 1. The second kappa shape index (κ2) is 8.85. The van der Waals surface area contributed by atoms with Crippen LogP contribution in [-0.4, -0.2) is 18.2 Å². The molecule has 116 valence electrons. The quantitative estimate of drug-likeness (QED) is 0.721. The molecule has 0 radical (unpaired) electrons. The SMILES string of the molecule is C=CCOc1ccc(CNCc2ccncc2)cc1OCC. The van der Waals surface area contributed by atoms with Gasteiger partial charge in [-0.3, -0.25) is 4.98 Å². The number of ether oxygens (including phenoxy) is 2. The lowest BCUT2D eigenvalue weighted by Crippen LogP contribution is -2.13. The van der Waals surface area contributed by atoms with Gasteiger partial charge in [0, 0.05) is 25.5 Å². The van der Waals surface area contributed by atoms with Gasteiger partial charge in [0.25, 0.3) is 0 Å². The van der Waals surface area contributed by atoms with Crippen molar-refractivity contribution in [2.75, 3.05) is 13.2 Å². The molecule has 0 aliphatic heterocycles. The van der Waals surface area contributed by atoms with Gasteiger partial charge >= 0.3 is 0 Å². The van der Waals surface area contributed by atoms with Crippen molar-refractivity contribution in [1.29, 1.82) is 0 Å². The second-order valence-electron chi connectivity index (χ2n) is 4.77. The first kappa shape index (κ1) is 16.0. The minimum atomic E-state index is 0.472. The summed E-state index contributed by atoms with van der Waals surface area (Å²) in [5.74, 6) is 1.52. The van der Waals surface area contributed by atoms with Gasteiger partial charge in [0.15, 0.2) is 11.5 Å². The van der Waals surface area contributed by atoms with Gasteiger partial charge in [-0.1, -0.05) is 18.7 Å². The summed E-state index contributed by atoms with van der Waals surface area (Å²) in [4.78, 5) is 4.01. The number of hydrogen-bond acceptors (Lipinski definition) is 4. The van der Waals surface area contributed by atoms with Crippen LogP contribution >= 0.6 is 0 Å². The highest BCUT2D eigenvalue weighted by Gasteiger charge is 2.06. The highest BCUT2D eigenvalue weighted by molar-refractivity contribution is 5.43. The second-order valence-corrected chi connectivity index (χ2v) is 4.77. The van der Waals surface area contributed by atoms with Crippen molar-refractivity contribution >= 4 is 0 Å².